The van der Waals surface area contributed by atoms with Crippen molar-refractivity contribution in [1.82, 2.24) is 14.7 Å². The molecule has 2 aliphatic rings. The van der Waals surface area contributed by atoms with Gasteiger partial charge in [0.1, 0.15) is 0 Å². The standard InChI is InChI=1S/C15H27N3O/c1-13-5-7-16(8-6-13)14(19)17-9-11-18(12-10-17)15(2,3)4/h5H,6-12H2,1-4H3. The van der Waals surface area contributed by atoms with Crippen molar-refractivity contribution in [2.75, 3.05) is 39.3 Å². The van der Waals surface area contributed by atoms with Crippen LogP contribution in [0, 0.1) is 0 Å². The molecule has 0 aromatic heterocycles. The molecule has 1 saturated heterocycles. The highest BCUT2D eigenvalue weighted by molar-refractivity contribution is 5.75. The van der Waals surface area contributed by atoms with Crippen LogP contribution in [-0.4, -0.2) is 65.5 Å². The molecule has 4 heteroatoms. The van der Waals surface area contributed by atoms with Gasteiger partial charge >= 0.3 is 6.03 Å². The summed E-state index contributed by atoms with van der Waals surface area (Å²) in [6, 6.07) is 0.220. The fourth-order valence-corrected chi connectivity index (χ4v) is 2.71. The van der Waals surface area contributed by atoms with Gasteiger partial charge in [0.15, 0.2) is 0 Å². The molecular weight excluding hydrogens is 238 g/mol. The zero-order chi connectivity index (χ0) is 14.0. The summed E-state index contributed by atoms with van der Waals surface area (Å²) in [6.45, 7) is 14.2. The topological polar surface area (TPSA) is 26.8 Å². The Balaban J connectivity index is 1.86. The lowest BCUT2D eigenvalue weighted by molar-refractivity contribution is 0.0647. The molecule has 2 aliphatic heterocycles. The van der Waals surface area contributed by atoms with Crippen LogP contribution in [0.2, 0.25) is 0 Å². The number of urea groups is 1. The molecule has 0 aromatic carbocycles. The third-order valence-corrected chi connectivity index (χ3v) is 4.21. The quantitative estimate of drug-likeness (QED) is 0.628. The van der Waals surface area contributed by atoms with E-state index in [9.17, 15) is 4.79 Å². The van der Waals surface area contributed by atoms with Gasteiger partial charge in [0.25, 0.3) is 0 Å². The van der Waals surface area contributed by atoms with Crippen molar-refractivity contribution in [3.05, 3.63) is 11.6 Å². The minimum atomic E-state index is 0.208. The van der Waals surface area contributed by atoms with Gasteiger partial charge in [0.2, 0.25) is 0 Å². The number of piperazine rings is 1. The van der Waals surface area contributed by atoms with E-state index in [4.69, 9.17) is 0 Å². The monoisotopic (exact) mass is 265 g/mol. The second kappa shape index (κ2) is 5.53. The maximum atomic E-state index is 12.4. The molecule has 4 nitrogen and oxygen atoms in total. The molecule has 0 atom stereocenters. The first-order valence-electron chi connectivity index (χ1n) is 7.32. The average molecular weight is 265 g/mol. The number of rotatable bonds is 0. The number of hydrogen-bond acceptors (Lipinski definition) is 2. The number of nitrogens with zero attached hydrogens (tertiary/aromatic N) is 3. The van der Waals surface area contributed by atoms with E-state index in [1.54, 1.807) is 0 Å². The second-order valence-corrected chi connectivity index (χ2v) is 6.67. The summed E-state index contributed by atoms with van der Waals surface area (Å²) in [4.78, 5) is 18.9. The van der Waals surface area contributed by atoms with E-state index in [0.717, 1.165) is 45.7 Å². The van der Waals surface area contributed by atoms with Crippen molar-refractivity contribution in [3.8, 4) is 0 Å². The van der Waals surface area contributed by atoms with Gasteiger partial charge in [0.05, 0.1) is 0 Å². The van der Waals surface area contributed by atoms with Crippen molar-refractivity contribution in [2.45, 2.75) is 39.7 Å². The first kappa shape index (κ1) is 14.4. The summed E-state index contributed by atoms with van der Waals surface area (Å²) in [5.41, 5.74) is 1.61. The fraction of sp³-hybridized carbons (Fsp3) is 0.800. The molecule has 2 amide bonds. The highest BCUT2D eigenvalue weighted by Crippen LogP contribution is 2.17. The van der Waals surface area contributed by atoms with Gasteiger partial charge in [-0.3, -0.25) is 4.90 Å². The molecule has 0 radical (unpaired) electrons. The van der Waals surface area contributed by atoms with Gasteiger partial charge < -0.3 is 9.80 Å². The van der Waals surface area contributed by atoms with Crippen LogP contribution in [-0.2, 0) is 0 Å². The molecule has 2 heterocycles. The first-order valence-corrected chi connectivity index (χ1v) is 7.32. The molecular formula is C15H27N3O. The Morgan fingerprint density at radius 2 is 1.68 bits per heavy atom. The number of carbonyl (C=O) groups excluding carboxylic acids is 1. The fourth-order valence-electron chi connectivity index (χ4n) is 2.71. The number of hydrogen-bond donors (Lipinski definition) is 0. The third-order valence-electron chi connectivity index (χ3n) is 4.21. The lowest BCUT2D eigenvalue weighted by Gasteiger charge is -2.43. The molecule has 2 rings (SSSR count). The maximum absolute atomic E-state index is 12.4. The van der Waals surface area contributed by atoms with Crippen molar-refractivity contribution in [3.63, 3.8) is 0 Å². The zero-order valence-corrected chi connectivity index (χ0v) is 12.8. The van der Waals surface area contributed by atoms with E-state index in [1.807, 2.05) is 9.80 Å². The highest BCUT2D eigenvalue weighted by Gasteiger charge is 2.29. The molecule has 0 aliphatic carbocycles. The molecule has 1 fully saturated rings. The predicted molar refractivity (Wildman–Crippen MR) is 78.2 cm³/mol. The molecule has 0 bridgehead atoms. The lowest BCUT2D eigenvalue weighted by Crippen LogP contribution is -2.57. The van der Waals surface area contributed by atoms with E-state index in [0.29, 0.717) is 0 Å². The largest absolute Gasteiger partial charge is 0.322 e. The van der Waals surface area contributed by atoms with Crippen molar-refractivity contribution < 1.29 is 4.79 Å². The highest BCUT2D eigenvalue weighted by atomic mass is 16.2. The third kappa shape index (κ3) is 3.50. The van der Waals surface area contributed by atoms with Crippen LogP contribution in [0.15, 0.2) is 11.6 Å². The predicted octanol–water partition coefficient (Wildman–Crippen LogP) is 2.17. The van der Waals surface area contributed by atoms with E-state index in [1.165, 1.54) is 5.57 Å². The molecule has 0 aromatic rings. The van der Waals surface area contributed by atoms with E-state index in [-0.39, 0.29) is 11.6 Å². The van der Waals surface area contributed by atoms with E-state index < -0.39 is 0 Å². The Labute approximate surface area is 117 Å². The first-order chi connectivity index (χ1) is 8.88. The van der Waals surface area contributed by atoms with Crippen molar-refractivity contribution >= 4 is 6.03 Å². The average Bonchev–Trinajstić information content (AvgIpc) is 2.38. The Morgan fingerprint density at radius 1 is 1.05 bits per heavy atom. The van der Waals surface area contributed by atoms with Gasteiger partial charge in [-0.15, -0.1) is 0 Å². The van der Waals surface area contributed by atoms with Crippen LogP contribution in [0.4, 0.5) is 4.79 Å². The summed E-state index contributed by atoms with van der Waals surface area (Å²) in [7, 11) is 0. The molecule has 0 spiro atoms. The van der Waals surface area contributed by atoms with Gasteiger partial charge in [-0.2, -0.15) is 0 Å². The SMILES string of the molecule is CC1=CCN(C(=O)N2CCN(C(C)(C)C)CC2)CC1. The number of amides is 2. The van der Waals surface area contributed by atoms with Crippen LogP contribution in [0.25, 0.3) is 0 Å². The summed E-state index contributed by atoms with van der Waals surface area (Å²) >= 11 is 0. The van der Waals surface area contributed by atoms with Crippen LogP contribution < -0.4 is 0 Å². The zero-order valence-electron chi connectivity index (χ0n) is 12.8. The minimum absolute atomic E-state index is 0.208. The second-order valence-electron chi connectivity index (χ2n) is 6.67. The maximum Gasteiger partial charge on any atom is 0.320 e. The van der Waals surface area contributed by atoms with Gasteiger partial charge in [0, 0.05) is 44.8 Å². The summed E-state index contributed by atoms with van der Waals surface area (Å²) in [5, 5.41) is 0. The van der Waals surface area contributed by atoms with Crippen LogP contribution >= 0.6 is 0 Å². The van der Waals surface area contributed by atoms with E-state index in [2.05, 4.69) is 38.7 Å². The van der Waals surface area contributed by atoms with Crippen molar-refractivity contribution in [2.24, 2.45) is 0 Å². The lowest BCUT2D eigenvalue weighted by atomic mass is 10.1. The Morgan fingerprint density at radius 3 is 2.16 bits per heavy atom. The van der Waals surface area contributed by atoms with Crippen LogP contribution in [0.3, 0.4) is 0 Å². The molecule has 0 unspecified atom stereocenters. The Bertz CT molecular complexity index is 362. The van der Waals surface area contributed by atoms with Gasteiger partial charge in [-0.1, -0.05) is 11.6 Å². The normalized spacial score (nSPS) is 22.4. The molecule has 0 N–H and O–H groups in total. The summed E-state index contributed by atoms with van der Waals surface area (Å²) in [5.74, 6) is 0. The summed E-state index contributed by atoms with van der Waals surface area (Å²) < 4.78 is 0. The summed E-state index contributed by atoms with van der Waals surface area (Å²) in [6.07, 6.45) is 3.19. The van der Waals surface area contributed by atoms with E-state index >= 15 is 0 Å². The molecule has 0 saturated carbocycles. The van der Waals surface area contributed by atoms with Crippen LogP contribution in [0.1, 0.15) is 34.1 Å². The molecule has 108 valence electrons. The van der Waals surface area contributed by atoms with Gasteiger partial charge in [-0.05, 0) is 34.1 Å². The van der Waals surface area contributed by atoms with Crippen molar-refractivity contribution in [1.29, 1.82) is 0 Å². The molecule has 19 heavy (non-hydrogen) atoms. The Hall–Kier alpha value is -1.03. The Kier molecular flexibility index (Phi) is 4.19. The van der Waals surface area contributed by atoms with Crippen LogP contribution in [0.5, 0.6) is 0 Å². The smallest absolute Gasteiger partial charge is 0.320 e. The minimum Gasteiger partial charge on any atom is -0.322 e. The van der Waals surface area contributed by atoms with Gasteiger partial charge in [-0.25, -0.2) is 4.79 Å². The number of carbonyl (C=O) groups is 1.